The molecular weight excluding hydrogens is 196 g/mol. The van der Waals surface area contributed by atoms with Gasteiger partial charge in [0.2, 0.25) is 5.91 Å². The number of rotatable bonds is 2. The molecule has 1 rings (SSSR count). The summed E-state index contributed by atoms with van der Waals surface area (Å²) in [6, 6.07) is 3.06. The SMILES string of the molecule is CC(=O)Nc1cc(C)c(C)cc1[N+](=O)[O-]. The topological polar surface area (TPSA) is 72.2 Å². The van der Waals surface area contributed by atoms with Crippen molar-refractivity contribution in [3.63, 3.8) is 0 Å². The Morgan fingerprint density at radius 2 is 1.87 bits per heavy atom. The Kier molecular flexibility index (Phi) is 3.04. The van der Waals surface area contributed by atoms with Gasteiger partial charge in [0.05, 0.1) is 4.92 Å². The van der Waals surface area contributed by atoms with E-state index in [2.05, 4.69) is 5.32 Å². The summed E-state index contributed by atoms with van der Waals surface area (Å²) in [5.74, 6) is -0.318. The molecule has 1 aromatic rings. The molecule has 0 bridgehead atoms. The van der Waals surface area contributed by atoms with E-state index in [9.17, 15) is 14.9 Å². The average Bonchev–Trinajstić information content (AvgIpc) is 2.09. The number of benzene rings is 1. The van der Waals surface area contributed by atoms with Crippen LogP contribution in [0.5, 0.6) is 0 Å². The molecule has 0 fully saturated rings. The normalized spacial score (nSPS) is 9.80. The monoisotopic (exact) mass is 208 g/mol. The van der Waals surface area contributed by atoms with Crippen LogP contribution in [0.4, 0.5) is 11.4 Å². The van der Waals surface area contributed by atoms with Gasteiger partial charge in [0.25, 0.3) is 5.69 Å². The molecule has 0 saturated carbocycles. The van der Waals surface area contributed by atoms with E-state index in [-0.39, 0.29) is 17.3 Å². The van der Waals surface area contributed by atoms with Gasteiger partial charge in [-0.15, -0.1) is 0 Å². The van der Waals surface area contributed by atoms with E-state index in [1.54, 1.807) is 13.0 Å². The first kappa shape index (κ1) is 11.2. The lowest BCUT2D eigenvalue weighted by Gasteiger charge is -2.06. The molecule has 15 heavy (non-hydrogen) atoms. The van der Waals surface area contributed by atoms with Crippen LogP contribution >= 0.6 is 0 Å². The molecule has 0 spiro atoms. The lowest BCUT2D eigenvalue weighted by atomic mass is 10.1. The number of hydrogen-bond donors (Lipinski definition) is 1. The van der Waals surface area contributed by atoms with Gasteiger partial charge in [-0.05, 0) is 31.0 Å². The fraction of sp³-hybridized carbons (Fsp3) is 0.300. The second-order valence-corrected chi connectivity index (χ2v) is 3.39. The van der Waals surface area contributed by atoms with E-state index < -0.39 is 4.92 Å². The van der Waals surface area contributed by atoms with Crippen LogP contribution in [0.3, 0.4) is 0 Å². The molecule has 0 radical (unpaired) electrons. The van der Waals surface area contributed by atoms with E-state index in [1.165, 1.54) is 13.0 Å². The van der Waals surface area contributed by atoms with Crippen molar-refractivity contribution < 1.29 is 9.72 Å². The molecule has 0 aromatic heterocycles. The highest BCUT2D eigenvalue weighted by Crippen LogP contribution is 2.27. The van der Waals surface area contributed by atoms with Crippen molar-refractivity contribution in [3.8, 4) is 0 Å². The van der Waals surface area contributed by atoms with E-state index >= 15 is 0 Å². The number of nitro groups is 1. The lowest BCUT2D eigenvalue weighted by molar-refractivity contribution is -0.384. The molecule has 5 nitrogen and oxygen atoms in total. The van der Waals surface area contributed by atoms with Gasteiger partial charge in [-0.1, -0.05) is 0 Å². The van der Waals surface area contributed by atoms with E-state index in [1.807, 2.05) is 6.92 Å². The molecule has 0 heterocycles. The zero-order chi connectivity index (χ0) is 11.6. The maximum atomic E-state index is 10.9. The number of nitrogens with zero attached hydrogens (tertiary/aromatic N) is 1. The van der Waals surface area contributed by atoms with Crippen LogP contribution in [-0.4, -0.2) is 10.8 Å². The minimum absolute atomic E-state index is 0.0756. The number of hydrogen-bond acceptors (Lipinski definition) is 3. The third kappa shape index (κ3) is 2.52. The third-order valence-electron chi connectivity index (χ3n) is 2.12. The van der Waals surface area contributed by atoms with Crippen molar-refractivity contribution in [2.75, 3.05) is 5.32 Å². The van der Waals surface area contributed by atoms with Crippen LogP contribution < -0.4 is 5.32 Å². The summed E-state index contributed by atoms with van der Waals surface area (Å²) in [5, 5.41) is 13.2. The zero-order valence-electron chi connectivity index (χ0n) is 8.83. The van der Waals surface area contributed by atoms with Crippen LogP contribution in [0, 0.1) is 24.0 Å². The summed E-state index contributed by atoms with van der Waals surface area (Å²) in [6.45, 7) is 4.95. The molecule has 0 saturated heterocycles. The molecule has 1 aromatic carbocycles. The number of carbonyl (C=O) groups excluding carboxylic acids is 1. The summed E-state index contributed by atoms with van der Waals surface area (Å²) in [6.07, 6.45) is 0. The molecular formula is C10H12N2O3. The van der Waals surface area contributed by atoms with E-state index in [4.69, 9.17) is 0 Å². The second-order valence-electron chi connectivity index (χ2n) is 3.39. The van der Waals surface area contributed by atoms with Gasteiger partial charge in [0.1, 0.15) is 5.69 Å². The Labute approximate surface area is 87.3 Å². The molecule has 0 atom stereocenters. The summed E-state index contributed by atoms with van der Waals surface area (Å²) >= 11 is 0. The highest BCUT2D eigenvalue weighted by atomic mass is 16.6. The first-order chi connectivity index (χ1) is 6.91. The van der Waals surface area contributed by atoms with Gasteiger partial charge >= 0.3 is 0 Å². The first-order valence-corrected chi connectivity index (χ1v) is 4.45. The second kappa shape index (κ2) is 4.08. The smallest absolute Gasteiger partial charge is 0.293 e. The van der Waals surface area contributed by atoms with Gasteiger partial charge in [0.15, 0.2) is 0 Å². The van der Waals surface area contributed by atoms with Gasteiger partial charge < -0.3 is 5.32 Å². The number of carbonyl (C=O) groups is 1. The van der Waals surface area contributed by atoms with Gasteiger partial charge in [-0.3, -0.25) is 14.9 Å². The highest BCUT2D eigenvalue weighted by molar-refractivity contribution is 5.91. The van der Waals surface area contributed by atoms with Crippen LogP contribution in [-0.2, 0) is 4.79 Å². The Morgan fingerprint density at radius 3 is 2.33 bits per heavy atom. The van der Waals surface area contributed by atoms with E-state index in [0.29, 0.717) is 0 Å². The van der Waals surface area contributed by atoms with Crippen LogP contribution in [0.25, 0.3) is 0 Å². The Bertz CT molecular complexity index is 427. The standard InChI is InChI=1S/C10H12N2O3/c1-6-4-9(11-8(3)13)10(12(14)15)5-7(6)2/h4-5H,1-3H3,(H,11,13). The molecule has 0 aliphatic rings. The van der Waals surface area contributed by atoms with Gasteiger partial charge in [0, 0.05) is 13.0 Å². The third-order valence-corrected chi connectivity index (χ3v) is 2.12. The van der Waals surface area contributed by atoms with Crippen molar-refractivity contribution in [2.45, 2.75) is 20.8 Å². The van der Waals surface area contributed by atoms with Gasteiger partial charge in [-0.2, -0.15) is 0 Å². The predicted octanol–water partition coefficient (Wildman–Crippen LogP) is 2.17. The Balaban J connectivity index is 3.28. The number of aryl methyl sites for hydroxylation is 2. The van der Waals surface area contributed by atoms with Crippen molar-refractivity contribution >= 4 is 17.3 Å². The maximum absolute atomic E-state index is 10.9. The fourth-order valence-corrected chi connectivity index (χ4v) is 1.24. The van der Waals surface area contributed by atoms with Crippen LogP contribution in [0.1, 0.15) is 18.1 Å². The molecule has 0 unspecified atom stereocenters. The van der Waals surface area contributed by atoms with Crippen molar-refractivity contribution in [3.05, 3.63) is 33.4 Å². The highest BCUT2D eigenvalue weighted by Gasteiger charge is 2.15. The van der Waals surface area contributed by atoms with Crippen LogP contribution in [0.2, 0.25) is 0 Å². The molecule has 0 aliphatic heterocycles. The summed E-state index contributed by atoms with van der Waals surface area (Å²) in [5.41, 5.74) is 1.91. The number of nitro benzene ring substituents is 1. The average molecular weight is 208 g/mol. The maximum Gasteiger partial charge on any atom is 0.293 e. The van der Waals surface area contributed by atoms with Crippen molar-refractivity contribution in [2.24, 2.45) is 0 Å². The molecule has 1 amide bonds. The van der Waals surface area contributed by atoms with Crippen molar-refractivity contribution in [1.29, 1.82) is 0 Å². The Morgan fingerprint density at radius 1 is 1.33 bits per heavy atom. The fourth-order valence-electron chi connectivity index (χ4n) is 1.24. The number of nitrogens with one attached hydrogen (secondary N) is 1. The minimum Gasteiger partial charge on any atom is -0.321 e. The zero-order valence-corrected chi connectivity index (χ0v) is 8.83. The van der Waals surface area contributed by atoms with Crippen LogP contribution in [0.15, 0.2) is 12.1 Å². The van der Waals surface area contributed by atoms with E-state index in [0.717, 1.165) is 11.1 Å². The predicted molar refractivity (Wildman–Crippen MR) is 56.9 cm³/mol. The largest absolute Gasteiger partial charge is 0.321 e. The number of anilines is 1. The first-order valence-electron chi connectivity index (χ1n) is 4.45. The summed E-state index contributed by atoms with van der Waals surface area (Å²) < 4.78 is 0. The summed E-state index contributed by atoms with van der Waals surface area (Å²) in [7, 11) is 0. The quantitative estimate of drug-likeness (QED) is 0.598. The molecule has 5 heteroatoms. The summed E-state index contributed by atoms with van der Waals surface area (Å²) in [4.78, 5) is 21.1. The lowest BCUT2D eigenvalue weighted by Crippen LogP contribution is -2.08. The molecule has 0 aliphatic carbocycles. The Hall–Kier alpha value is -1.91. The van der Waals surface area contributed by atoms with Gasteiger partial charge in [-0.25, -0.2) is 0 Å². The van der Waals surface area contributed by atoms with Crippen molar-refractivity contribution in [1.82, 2.24) is 0 Å². The number of amides is 1. The molecule has 80 valence electrons. The minimum atomic E-state index is -0.502. The molecule has 1 N–H and O–H groups in total.